The quantitative estimate of drug-likeness (QED) is 0.471. The molecule has 0 aromatic rings. The molecule has 34 valence electrons. The number of hydrogen-bond acceptors (Lipinski definition) is 0. The van der Waals surface area contributed by atoms with Gasteiger partial charge in [0, 0.05) is 19.5 Å². The van der Waals surface area contributed by atoms with Gasteiger partial charge < -0.3 is 0 Å². The standard InChI is InChI=1S/C4H6Si.Ru/c1-2-4-5-3-1;/h1-3,5H,4H2;. The predicted octanol–water partition coefficient (Wildman–Crippen LogP) is 0.211. The molecule has 0 spiro atoms. The van der Waals surface area contributed by atoms with Gasteiger partial charge in [-0.25, -0.2) is 0 Å². The summed E-state index contributed by atoms with van der Waals surface area (Å²) in [5.41, 5.74) is 2.26. The molecule has 0 bridgehead atoms. The van der Waals surface area contributed by atoms with Gasteiger partial charge >= 0.3 is 0 Å². The van der Waals surface area contributed by atoms with Gasteiger partial charge in [0.2, 0.25) is 0 Å². The minimum Gasteiger partial charge on any atom is -0.0851 e. The van der Waals surface area contributed by atoms with Gasteiger partial charge in [0.25, 0.3) is 0 Å². The third kappa shape index (κ3) is 1.78. The van der Waals surface area contributed by atoms with Crippen LogP contribution in [0.25, 0.3) is 0 Å². The Morgan fingerprint density at radius 1 is 1.50 bits per heavy atom. The Hall–Kier alpha value is 0.450. The summed E-state index contributed by atoms with van der Waals surface area (Å²) in [6, 6.07) is 1.35. The molecule has 0 N–H and O–H groups in total. The molecule has 0 saturated carbocycles. The van der Waals surface area contributed by atoms with Crippen molar-refractivity contribution in [2.24, 2.45) is 0 Å². The van der Waals surface area contributed by atoms with E-state index >= 15 is 0 Å². The first-order valence-corrected chi connectivity index (χ1v) is 3.30. The van der Waals surface area contributed by atoms with Gasteiger partial charge in [-0.3, -0.25) is 0 Å². The van der Waals surface area contributed by atoms with E-state index in [-0.39, 0.29) is 19.5 Å². The molecule has 1 rings (SSSR count). The van der Waals surface area contributed by atoms with Gasteiger partial charge in [0.15, 0.2) is 0 Å². The Morgan fingerprint density at radius 2 is 2.33 bits per heavy atom. The van der Waals surface area contributed by atoms with Crippen molar-refractivity contribution in [1.82, 2.24) is 0 Å². The molecule has 0 nitrogen and oxygen atoms in total. The zero-order valence-electron chi connectivity index (χ0n) is 3.37. The minimum atomic E-state index is 0. The largest absolute Gasteiger partial charge is 0.0851 e. The summed E-state index contributed by atoms with van der Waals surface area (Å²) in [6.07, 6.45) is 4.37. The molecule has 0 unspecified atom stereocenters. The van der Waals surface area contributed by atoms with E-state index in [4.69, 9.17) is 0 Å². The van der Waals surface area contributed by atoms with Crippen molar-refractivity contribution in [3.05, 3.63) is 12.2 Å². The zero-order chi connectivity index (χ0) is 3.54. The molecule has 6 heavy (non-hydrogen) atoms. The maximum Gasteiger partial charge on any atom is 0 e. The van der Waals surface area contributed by atoms with Gasteiger partial charge in [-0.1, -0.05) is 17.8 Å². The Kier molecular flexibility index (Phi) is 3.91. The number of rotatable bonds is 0. The van der Waals surface area contributed by atoms with Crippen molar-refractivity contribution in [2.45, 2.75) is 6.04 Å². The van der Waals surface area contributed by atoms with E-state index in [9.17, 15) is 0 Å². The maximum absolute atomic E-state index is 2.26. The average Bonchev–Trinajstić information content (AvgIpc) is 1.76. The van der Waals surface area contributed by atoms with Crippen LogP contribution in [0.5, 0.6) is 0 Å². The summed E-state index contributed by atoms with van der Waals surface area (Å²) >= 11 is 0. The topological polar surface area (TPSA) is 0 Å². The van der Waals surface area contributed by atoms with Crippen molar-refractivity contribution in [1.29, 1.82) is 0 Å². The Bertz CT molecular complexity index is 65.6. The SMILES string of the molecule is C1=CC[SiH]=C1.[Ru]. The van der Waals surface area contributed by atoms with Gasteiger partial charge in [0.05, 0.1) is 0 Å². The zero-order valence-corrected chi connectivity index (χ0v) is 6.26. The van der Waals surface area contributed by atoms with Crippen molar-refractivity contribution in [3.63, 3.8) is 0 Å². The normalized spacial score (nSPS) is 14.7. The number of hydrogen-bond donors (Lipinski definition) is 0. The van der Waals surface area contributed by atoms with E-state index in [2.05, 4.69) is 17.8 Å². The van der Waals surface area contributed by atoms with Crippen LogP contribution in [0.3, 0.4) is 0 Å². The molecule has 0 radical (unpaired) electrons. The van der Waals surface area contributed by atoms with Crippen LogP contribution in [0, 0.1) is 0 Å². The van der Waals surface area contributed by atoms with Crippen molar-refractivity contribution >= 4 is 14.8 Å². The monoisotopic (exact) mass is 184 g/mol. The van der Waals surface area contributed by atoms with Crippen molar-refractivity contribution in [3.8, 4) is 0 Å². The van der Waals surface area contributed by atoms with Gasteiger partial charge in [0.1, 0.15) is 0 Å². The Labute approximate surface area is 52.8 Å². The van der Waals surface area contributed by atoms with E-state index in [0.717, 1.165) is 0 Å². The van der Waals surface area contributed by atoms with Crippen LogP contribution < -0.4 is 0 Å². The second-order valence-electron chi connectivity index (χ2n) is 1.09. The van der Waals surface area contributed by atoms with E-state index in [1.807, 2.05) is 0 Å². The Balaban J connectivity index is 0.000000250. The van der Waals surface area contributed by atoms with Crippen LogP contribution in [0.15, 0.2) is 12.2 Å². The van der Waals surface area contributed by atoms with Crippen LogP contribution in [0.1, 0.15) is 0 Å². The van der Waals surface area contributed by atoms with E-state index in [1.165, 1.54) is 6.04 Å². The summed E-state index contributed by atoms with van der Waals surface area (Å²) in [5.74, 6) is 0. The van der Waals surface area contributed by atoms with Crippen LogP contribution in [-0.4, -0.2) is 14.8 Å². The molecule has 0 atom stereocenters. The van der Waals surface area contributed by atoms with Crippen LogP contribution in [0.2, 0.25) is 6.04 Å². The number of allylic oxidation sites excluding steroid dienone is 2. The summed E-state index contributed by atoms with van der Waals surface area (Å²) < 4.78 is 0. The van der Waals surface area contributed by atoms with E-state index in [1.54, 1.807) is 0 Å². The maximum atomic E-state index is 2.26. The summed E-state index contributed by atoms with van der Waals surface area (Å²) in [7, 11) is 0.690. The average molecular weight is 183 g/mol. The summed E-state index contributed by atoms with van der Waals surface area (Å²) in [6.45, 7) is 0. The molecule has 0 aromatic heterocycles. The fourth-order valence-corrected chi connectivity index (χ4v) is 1.18. The molecular weight excluding hydrogens is 177 g/mol. The van der Waals surface area contributed by atoms with E-state index < -0.39 is 0 Å². The van der Waals surface area contributed by atoms with Gasteiger partial charge in [-0.2, -0.15) is 0 Å². The van der Waals surface area contributed by atoms with Crippen molar-refractivity contribution in [2.75, 3.05) is 0 Å². The third-order valence-corrected chi connectivity index (χ3v) is 1.69. The molecule has 1 aliphatic heterocycles. The molecule has 0 aliphatic carbocycles. The Morgan fingerprint density at radius 3 is 2.50 bits per heavy atom. The van der Waals surface area contributed by atoms with Crippen LogP contribution >= 0.6 is 0 Å². The molecular formula is C4H6RuSi. The summed E-state index contributed by atoms with van der Waals surface area (Å²) in [4.78, 5) is 0. The minimum absolute atomic E-state index is 0. The van der Waals surface area contributed by atoms with Crippen molar-refractivity contribution < 1.29 is 19.5 Å². The third-order valence-electron chi connectivity index (χ3n) is 0.655. The molecule has 2 heteroatoms. The van der Waals surface area contributed by atoms with Crippen LogP contribution in [-0.2, 0) is 19.5 Å². The van der Waals surface area contributed by atoms with Gasteiger partial charge in [-0.05, 0) is 15.2 Å². The first-order valence-electron chi connectivity index (χ1n) is 1.82. The molecule has 0 fully saturated rings. The molecule has 0 saturated heterocycles. The van der Waals surface area contributed by atoms with Crippen LogP contribution in [0.4, 0.5) is 0 Å². The fourth-order valence-electron chi connectivity index (χ4n) is 0.393. The first-order chi connectivity index (χ1) is 2.50. The predicted molar refractivity (Wildman–Crippen MR) is 27.2 cm³/mol. The smallest absolute Gasteiger partial charge is 0 e. The second kappa shape index (κ2) is 3.63. The fraction of sp³-hybridized carbons (Fsp3) is 0.250. The molecule has 1 heterocycles. The second-order valence-corrected chi connectivity index (χ2v) is 2.42. The molecule has 0 aromatic carbocycles. The summed E-state index contributed by atoms with van der Waals surface area (Å²) in [5, 5.41) is 0. The van der Waals surface area contributed by atoms with E-state index in [0.29, 0.717) is 9.13 Å². The van der Waals surface area contributed by atoms with Gasteiger partial charge in [-0.15, -0.1) is 0 Å². The molecule has 0 amide bonds. The first kappa shape index (κ1) is 6.45. The molecule has 1 aliphatic rings.